The zero-order chi connectivity index (χ0) is 26.2. The second kappa shape index (κ2) is 23.8. The van der Waals surface area contributed by atoms with Crippen LogP contribution in [0.4, 0.5) is 0 Å². The van der Waals surface area contributed by atoms with Crippen molar-refractivity contribution in [3.8, 4) is 0 Å². The van der Waals surface area contributed by atoms with Crippen LogP contribution in [0.5, 0.6) is 0 Å². The van der Waals surface area contributed by atoms with Gasteiger partial charge in [-0.05, 0) is 19.3 Å². The summed E-state index contributed by atoms with van der Waals surface area (Å²) in [5.74, 6) is -2.76. The van der Waals surface area contributed by atoms with Gasteiger partial charge in [-0.1, -0.05) is 77.0 Å². The van der Waals surface area contributed by atoms with E-state index < -0.39 is 17.9 Å². The molecule has 0 saturated heterocycles. The maximum absolute atomic E-state index is 12.2. The molecule has 3 N–H and O–H groups in total. The van der Waals surface area contributed by atoms with Crippen LogP contribution in [0.15, 0.2) is 0 Å². The monoisotopic (exact) mass is 499 g/mol. The average Bonchev–Trinajstić information content (AvgIpc) is 2.81. The molecule has 1 atom stereocenters. The number of rotatable bonds is 26. The van der Waals surface area contributed by atoms with Crippen LogP contribution < -0.4 is 5.32 Å². The predicted octanol–water partition coefficient (Wildman–Crippen LogP) is 5.52. The Morgan fingerprint density at radius 1 is 0.686 bits per heavy atom. The van der Waals surface area contributed by atoms with Gasteiger partial charge in [-0.15, -0.1) is 0 Å². The van der Waals surface area contributed by atoms with Crippen molar-refractivity contribution in [2.75, 3.05) is 20.3 Å². The minimum atomic E-state index is -1.02. The Labute approximate surface area is 211 Å². The lowest BCUT2D eigenvalue weighted by atomic mass is 9.94. The van der Waals surface area contributed by atoms with Crippen LogP contribution in [-0.4, -0.2) is 54.1 Å². The first-order valence-electron chi connectivity index (χ1n) is 13.6. The molecule has 0 aliphatic heterocycles. The van der Waals surface area contributed by atoms with Crippen molar-refractivity contribution in [1.29, 1.82) is 0 Å². The molecular weight excluding hydrogens is 450 g/mol. The first-order chi connectivity index (χ1) is 16.9. The summed E-state index contributed by atoms with van der Waals surface area (Å²) in [5.41, 5.74) is 0. The van der Waals surface area contributed by atoms with Gasteiger partial charge in [0, 0.05) is 39.3 Å². The fourth-order valence-corrected chi connectivity index (χ4v) is 4.10. The third kappa shape index (κ3) is 23.5. The van der Waals surface area contributed by atoms with Gasteiger partial charge in [-0.3, -0.25) is 19.2 Å². The second-order valence-corrected chi connectivity index (χ2v) is 9.50. The molecule has 8 nitrogen and oxygen atoms in total. The van der Waals surface area contributed by atoms with Gasteiger partial charge in [0.15, 0.2) is 0 Å². The maximum Gasteiger partial charge on any atom is 0.306 e. The van der Waals surface area contributed by atoms with E-state index in [2.05, 4.69) is 5.32 Å². The van der Waals surface area contributed by atoms with Gasteiger partial charge in [-0.2, -0.15) is 0 Å². The summed E-state index contributed by atoms with van der Waals surface area (Å²) in [6, 6.07) is 0. The summed E-state index contributed by atoms with van der Waals surface area (Å²) in [6.07, 6.45) is 16.7. The van der Waals surface area contributed by atoms with E-state index in [0.717, 1.165) is 38.5 Å². The van der Waals surface area contributed by atoms with E-state index in [1.54, 1.807) is 7.11 Å². The Morgan fingerprint density at radius 3 is 1.57 bits per heavy atom. The molecular formula is C27H49NO7. The molecule has 204 valence electrons. The third-order valence-corrected chi connectivity index (χ3v) is 6.27. The average molecular weight is 500 g/mol. The first kappa shape index (κ1) is 33.0. The Balaban J connectivity index is 3.58. The van der Waals surface area contributed by atoms with Crippen LogP contribution in [0.3, 0.4) is 0 Å². The molecule has 1 amide bonds. The minimum Gasteiger partial charge on any atom is -0.481 e. The smallest absolute Gasteiger partial charge is 0.306 e. The third-order valence-electron chi connectivity index (χ3n) is 6.27. The molecule has 0 saturated carbocycles. The number of aliphatic carboxylic acids is 2. The van der Waals surface area contributed by atoms with Gasteiger partial charge in [0.05, 0.1) is 12.5 Å². The van der Waals surface area contributed by atoms with Crippen molar-refractivity contribution in [2.24, 2.45) is 5.92 Å². The van der Waals surface area contributed by atoms with Gasteiger partial charge in [0.1, 0.15) is 5.78 Å². The standard InChI is InChI=1S/C27H49NO7/c1-35-21-20-28-25(30)19-18-23(27(33)34)22-24(29)16-14-12-10-8-6-4-2-3-5-7-9-11-13-15-17-26(31)32/h23H,2-22H2,1H3,(H,28,30)(H,31,32)(H,33,34). The highest BCUT2D eigenvalue weighted by Crippen LogP contribution is 2.17. The van der Waals surface area contributed by atoms with Gasteiger partial charge in [0.25, 0.3) is 0 Å². The highest BCUT2D eigenvalue weighted by Gasteiger charge is 2.21. The summed E-state index contributed by atoms with van der Waals surface area (Å²) in [4.78, 5) is 45.7. The van der Waals surface area contributed by atoms with Crippen molar-refractivity contribution < 1.29 is 34.1 Å². The summed E-state index contributed by atoms with van der Waals surface area (Å²) in [6.45, 7) is 0.803. The number of hydrogen-bond acceptors (Lipinski definition) is 5. The van der Waals surface area contributed by atoms with Gasteiger partial charge >= 0.3 is 11.9 Å². The maximum atomic E-state index is 12.2. The molecule has 0 aliphatic carbocycles. The predicted molar refractivity (Wildman–Crippen MR) is 136 cm³/mol. The van der Waals surface area contributed by atoms with Crippen molar-refractivity contribution in [1.82, 2.24) is 5.32 Å². The van der Waals surface area contributed by atoms with E-state index in [0.29, 0.717) is 26.0 Å². The lowest BCUT2D eigenvalue weighted by molar-refractivity contribution is -0.144. The lowest BCUT2D eigenvalue weighted by Gasteiger charge is -2.11. The SMILES string of the molecule is COCCNC(=O)CCC(CC(=O)CCCCCCCCCCCCCCCCC(=O)O)C(=O)O. The summed E-state index contributed by atoms with van der Waals surface area (Å²) in [7, 11) is 1.54. The quantitative estimate of drug-likeness (QED) is 0.134. The highest BCUT2D eigenvalue weighted by atomic mass is 16.5. The molecule has 0 radical (unpaired) electrons. The van der Waals surface area contributed by atoms with E-state index in [9.17, 15) is 24.3 Å². The molecule has 0 aromatic rings. The zero-order valence-electron chi connectivity index (χ0n) is 21.9. The van der Waals surface area contributed by atoms with Crippen LogP contribution in [0.2, 0.25) is 0 Å². The number of ether oxygens (including phenoxy) is 1. The van der Waals surface area contributed by atoms with E-state index in [-0.39, 0.29) is 31.0 Å². The second-order valence-electron chi connectivity index (χ2n) is 9.50. The van der Waals surface area contributed by atoms with E-state index in [1.807, 2.05) is 0 Å². The van der Waals surface area contributed by atoms with Crippen LogP contribution in [0, 0.1) is 5.92 Å². The number of methoxy groups -OCH3 is 1. The Kier molecular flexibility index (Phi) is 22.4. The number of nitrogens with one attached hydrogen (secondary N) is 1. The van der Waals surface area contributed by atoms with Crippen LogP contribution in [-0.2, 0) is 23.9 Å². The fourth-order valence-electron chi connectivity index (χ4n) is 4.10. The number of carboxylic acids is 2. The number of Topliss-reactive ketones (excluding diaryl/α,β-unsaturated/α-hetero) is 1. The molecule has 0 aromatic carbocycles. The molecule has 1 unspecified atom stereocenters. The fraction of sp³-hybridized carbons (Fsp3) is 0.852. The van der Waals surface area contributed by atoms with Crippen molar-refractivity contribution in [2.45, 2.75) is 122 Å². The molecule has 8 heteroatoms. The molecule has 0 fully saturated rings. The normalized spacial score (nSPS) is 11.8. The highest BCUT2D eigenvalue weighted by molar-refractivity contribution is 5.84. The van der Waals surface area contributed by atoms with Crippen LogP contribution in [0.25, 0.3) is 0 Å². The Bertz CT molecular complexity index is 580. The Morgan fingerprint density at radius 2 is 1.14 bits per heavy atom. The number of ketones is 1. The van der Waals surface area contributed by atoms with E-state index >= 15 is 0 Å². The Hall–Kier alpha value is -1.96. The molecule has 0 bridgehead atoms. The summed E-state index contributed by atoms with van der Waals surface area (Å²) < 4.78 is 4.85. The van der Waals surface area contributed by atoms with Crippen molar-refractivity contribution in [3.63, 3.8) is 0 Å². The molecule has 35 heavy (non-hydrogen) atoms. The van der Waals surface area contributed by atoms with Crippen molar-refractivity contribution >= 4 is 23.6 Å². The number of unbranched alkanes of at least 4 members (excludes halogenated alkanes) is 13. The lowest BCUT2D eigenvalue weighted by Crippen LogP contribution is -2.28. The van der Waals surface area contributed by atoms with Crippen molar-refractivity contribution in [3.05, 3.63) is 0 Å². The molecule has 0 rings (SSSR count). The summed E-state index contributed by atoms with van der Waals surface area (Å²) >= 11 is 0. The van der Waals surface area contributed by atoms with E-state index in [1.165, 1.54) is 51.4 Å². The molecule has 0 aromatic heterocycles. The minimum absolute atomic E-state index is 0.00300. The van der Waals surface area contributed by atoms with Crippen LogP contribution in [0.1, 0.15) is 122 Å². The number of carbonyl (C=O) groups is 4. The largest absolute Gasteiger partial charge is 0.481 e. The molecule has 0 spiro atoms. The number of carboxylic acid groups (broad SMARTS) is 2. The molecule has 0 aliphatic rings. The van der Waals surface area contributed by atoms with Gasteiger partial charge < -0.3 is 20.3 Å². The number of hydrogen-bond donors (Lipinski definition) is 3. The van der Waals surface area contributed by atoms with Gasteiger partial charge in [0.2, 0.25) is 5.91 Å². The summed E-state index contributed by atoms with van der Waals surface area (Å²) in [5, 5.41) is 20.6. The number of amides is 1. The molecule has 0 heterocycles. The van der Waals surface area contributed by atoms with Gasteiger partial charge in [-0.25, -0.2) is 0 Å². The first-order valence-corrected chi connectivity index (χ1v) is 13.6. The topological polar surface area (TPSA) is 130 Å². The van der Waals surface area contributed by atoms with E-state index in [4.69, 9.17) is 9.84 Å². The zero-order valence-corrected chi connectivity index (χ0v) is 21.9. The van der Waals surface area contributed by atoms with Crippen LogP contribution >= 0.6 is 0 Å². The number of carbonyl (C=O) groups excluding carboxylic acids is 2.